The highest BCUT2D eigenvalue weighted by Gasteiger charge is 2.19. The molecule has 17 heavy (non-hydrogen) atoms. The van der Waals surface area contributed by atoms with E-state index in [1.165, 1.54) is 16.7 Å². The summed E-state index contributed by atoms with van der Waals surface area (Å²) in [6, 6.07) is 6.66. The summed E-state index contributed by atoms with van der Waals surface area (Å²) in [6.07, 6.45) is 0. The molecule has 0 aromatic heterocycles. The molecule has 0 saturated heterocycles. The van der Waals surface area contributed by atoms with E-state index >= 15 is 0 Å². The van der Waals surface area contributed by atoms with Crippen LogP contribution in [0.1, 0.15) is 57.2 Å². The Labute approximate surface area is 106 Å². The van der Waals surface area contributed by atoms with E-state index in [0.717, 1.165) is 0 Å². The molecular formula is C16H26O. The third kappa shape index (κ3) is 3.32. The molecular weight excluding hydrogens is 208 g/mol. The molecule has 0 bridgehead atoms. The Balaban J connectivity index is 3.13. The lowest BCUT2D eigenvalue weighted by molar-refractivity contribution is 0.237. The lowest BCUT2D eigenvalue weighted by atomic mass is 9.81. The summed E-state index contributed by atoms with van der Waals surface area (Å²) in [5.74, 6) is 0.725. The minimum atomic E-state index is 0.190. The highest BCUT2D eigenvalue weighted by molar-refractivity contribution is 5.36. The zero-order valence-corrected chi connectivity index (χ0v) is 12.0. The van der Waals surface area contributed by atoms with Crippen molar-refractivity contribution in [1.29, 1.82) is 0 Å². The van der Waals surface area contributed by atoms with Gasteiger partial charge in [-0.15, -0.1) is 0 Å². The zero-order valence-electron chi connectivity index (χ0n) is 12.0. The molecule has 0 fully saturated rings. The largest absolute Gasteiger partial charge is 0.396 e. The van der Waals surface area contributed by atoms with Crippen LogP contribution in [0.15, 0.2) is 18.2 Å². The topological polar surface area (TPSA) is 20.2 Å². The van der Waals surface area contributed by atoms with Crippen LogP contribution in [0, 0.1) is 12.8 Å². The summed E-state index contributed by atoms with van der Waals surface area (Å²) in [7, 11) is 0. The van der Waals surface area contributed by atoms with E-state index < -0.39 is 0 Å². The van der Waals surface area contributed by atoms with Crippen LogP contribution in [0.3, 0.4) is 0 Å². The van der Waals surface area contributed by atoms with Crippen molar-refractivity contribution < 1.29 is 5.11 Å². The second kappa shape index (κ2) is 5.22. The molecule has 0 spiro atoms. The number of rotatable bonds is 3. The van der Waals surface area contributed by atoms with Crippen molar-refractivity contribution in [2.45, 2.75) is 52.9 Å². The molecule has 0 aliphatic carbocycles. The van der Waals surface area contributed by atoms with E-state index in [4.69, 9.17) is 0 Å². The minimum absolute atomic E-state index is 0.190. The van der Waals surface area contributed by atoms with Gasteiger partial charge < -0.3 is 5.11 Å². The molecule has 0 amide bonds. The summed E-state index contributed by atoms with van der Waals surface area (Å²) in [4.78, 5) is 0. The van der Waals surface area contributed by atoms with Crippen LogP contribution in [-0.2, 0) is 5.41 Å². The molecule has 1 heteroatoms. The molecule has 0 saturated carbocycles. The number of aliphatic hydroxyl groups is 1. The SMILES string of the molecule is Cc1cc(C(C)(C)C)ccc1C(CO)C(C)C. The fourth-order valence-electron chi connectivity index (χ4n) is 2.23. The molecule has 1 atom stereocenters. The smallest absolute Gasteiger partial charge is 0.0502 e. The average Bonchev–Trinajstić information content (AvgIpc) is 2.19. The minimum Gasteiger partial charge on any atom is -0.396 e. The first-order valence-corrected chi connectivity index (χ1v) is 6.49. The maximum Gasteiger partial charge on any atom is 0.0502 e. The fraction of sp³-hybridized carbons (Fsp3) is 0.625. The first-order valence-electron chi connectivity index (χ1n) is 6.49. The predicted octanol–water partition coefficient (Wildman–Crippen LogP) is 4.02. The quantitative estimate of drug-likeness (QED) is 0.837. The molecule has 0 heterocycles. The van der Waals surface area contributed by atoms with Crippen molar-refractivity contribution in [3.63, 3.8) is 0 Å². The number of hydrogen-bond donors (Lipinski definition) is 1. The third-order valence-electron chi connectivity index (χ3n) is 3.54. The van der Waals surface area contributed by atoms with Crippen molar-refractivity contribution >= 4 is 0 Å². The van der Waals surface area contributed by atoms with Crippen molar-refractivity contribution in [1.82, 2.24) is 0 Å². The highest BCUT2D eigenvalue weighted by atomic mass is 16.3. The molecule has 1 rings (SSSR count). The molecule has 0 aliphatic rings. The molecule has 96 valence electrons. The summed E-state index contributed by atoms with van der Waals surface area (Å²) in [6.45, 7) is 13.4. The van der Waals surface area contributed by atoms with Gasteiger partial charge in [-0.1, -0.05) is 52.8 Å². The van der Waals surface area contributed by atoms with E-state index in [-0.39, 0.29) is 17.9 Å². The molecule has 1 aromatic rings. The van der Waals surface area contributed by atoms with Crippen LogP contribution in [0.5, 0.6) is 0 Å². The Kier molecular flexibility index (Phi) is 4.37. The van der Waals surface area contributed by atoms with E-state index in [0.29, 0.717) is 5.92 Å². The van der Waals surface area contributed by atoms with Crippen molar-refractivity contribution in [2.24, 2.45) is 5.92 Å². The Morgan fingerprint density at radius 3 is 2.12 bits per heavy atom. The van der Waals surface area contributed by atoms with E-state index in [2.05, 4.69) is 59.7 Å². The van der Waals surface area contributed by atoms with Gasteiger partial charge in [0.1, 0.15) is 0 Å². The summed E-state index contributed by atoms with van der Waals surface area (Å²) in [5, 5.41) is 9.50. The van der Waals surface area contributed by atoms with Gasteiger partial charge in [-0.25, -0.2) is 0 Å². The second-order valence-corrected chi connectivity index (χ2v) is 6.35. The van der Waals surface area contributed by atoms with Crippen molar-refractivity contribution in [3.05, 3.63) is 34.9 Å². The molecule has 1 N–H and O–H groups in total. The van der Waals surface area contributed by atoms with Gasteiger partial charge >= 0.3 is 0 Å². The Morgan fingerprint density at radius 1 is 1.18 bits per heavy atom. The fourth-order valence-corrected chi connectivity index (χ4v) is 2.23. The summed E-state index contributed by atoms with van der Waals surface area (Å²) in [5.41, 5.74) is 4.13. The number of hydrogen-bond acceptors (Lipinski definition) is 1. The summed E-state index contributed by atoms with van der Waals surface area (Å²) < 4.78 is 0. The van der Waals surface area contributed by atoms with Gasteiger partial charge in [-0.05, 0) is 34.9 Å². The van der Waals surface area contributed by atoms with Crippen LogP contribution in [0.2, 0.25) is 0 Å². The number of benzene rings is 1. The summed E-state index contributed by atoms with van der Waals surface area (Å²) >= 11 is 0. The van der Waals surface area contributed by atoms with Gasteiger partial charge in [0.15, 0.2) is 0 Å². The van der Waals surface area contributed by atoms with Crippen LogP contribution in [0.4, 0.5) is 0 Å². The normalized spacial score (nSPS) is 14.1. The van der Waals surface area contributed by atoms with Crippen LogP contribution in [-0.4, -0.2) is 11.7 Å². The van der Waals surface area contributed by atoms with Gasteiger partial charge in [0.2, 0.25) is 0 Å². The molecule has 0 radical (unpaired) electrons. The maximum absolute atomic E-state index is 9.50. The number of aryl methyl sites for hydroxylation is 1. The predicted molar refractivity (Wildman–Crippen MR) is 74.5 cm³/mol. The first kappa shape index (κ1) is 14.2. The molecule has 1 aromatic carbocycles. The number of aliphatic hydroxyl groups excluding tert-OH is 1. The van der Waals surface area contributed by atoms with Crippen LogP contribution < -0.4 is 0 Å². The van der Waals surface area contributed by atoms with Gasteiger partial charge in [-0.2, -0.15) is 0 Å². The van der Waals surface area contributed by atoms with E-state index in [1.54, 1.807) is 0 Å². The van der Waals surface area contributed by atoms with E-state index in [1.807, 2.05) is 0 Å². The zero-order chi connectivity index (χ0) is 13.2. The highest BCUT2D eigenvalue weighted by Crippen LogP contribution is 2.30. The van der Waals surface area contributed by atoms with Crippen molar-refractivity contribution in [2.75, 3.05) is 6.61 Å². The Hall–Kier alpha value is -0.820. The molecule has 0 aliphatic heterocycles. The standard InChI is InChI=1S/C16H26O/c1-11(2)15(10-17)14-8-7-13(9-12(14)3)16(4,5)6/h7-9,11,15,17H,10H2,1-6H3. The average molecular weight is 234 g/mol. The Morgan fingerprint density at radius 2 is 1.76 bits per heavy atom. The van der Waals surface area contributed by atoms with Crippen LogP contribution in [0.25, 0.3) is 0 Å². The van der Waals surface area contributed by atoms with Crippen LogP contribution >= 0.6 is 0 Å². The lowest BCUT2D eigenvalue weighted by Crippen LogP contribution is -2.15. The van der Waals surface area contributed by atoms with Gasteiger partial charge in [0.25, 0.3) is 0 Å². The second-order valence-electron chi connectivity index (χ2n) is 6.35. The monoisotopic (exact) mass is 234 g/mol. The van der Waals surface area contributed by atoms with Crippen molar-refractivity contribution in [3.8, 4) is 0 Å². The third-order valence-corrected chi connectivity index (χ3v) is 3.54. The molecule has 1 nitrogen and oxygen atoms in total. The van der Waals surface area contributed by atoms with E-state index in [9.17, 15) is 5.11 Å². The first-order chi connectivity index (χ1) is 7.77. The van der Waals surface area contributed by atoms with Gasteiger partial charge in [-0.3, -0.25) is 0 Å². The van der Waals surface area contributed by atoms with Gasteiger partial charge in [0.05, 0.1) is 6.61 Å². The molecule has 1 unspecified atom stereocenters. The van der Waals surface area contributed by atoms with Gasteiger partial charge in [0, 0.05) is 5.92 Å². The Bertz CT molecular complexity index is 372. The lowest BCUT2D eigenvalue weighted by Gasteiger charge is -2.24. The maximum atomic E-state index is 9.50.